The molecule has 0 radical (unpaired) electrons. The van der Waals surface area contributed by atoms with Gasteiger partial charge in [0.25, 0.3) is 0 Å². The molecule has 0 saturated carbocycles. The highest BCUT2D eigenvalue weighted by Crippen LogP contribution is 2.25. The molecule has 1 amide bonds. The number of nitrogens with one attached hydrogen (secondary N) is 1. The average molecular weight is 384 g/mol. The number of anilines is 1. The Morgan fingerprint density at radius 1 is 1.39 bits per heavy atom. The number of aromatic nitrogens is 2. The second-order valence-electron chi connectivity index (χ2n) is 5.71. The minimum Gasteiger partial charge on any atom is -0.461 e. The lowest BCUT2D eigenvalue weighted by Gasteiger charge is -2.19. The Labute approximate surface area is 142 Å². The van der Waals surface area contributed by atoms with Crippen LogP contribution in [0.15, 0.2) is 22.8 Å². The van der Waals surface area contributed by atoms with E-state index in [4.69, 9.17) is 9.47 Å². The first-order chi connectivity index (χ1) is 10.7. The number of halogens is 1. The smallest absolute Gasteiger partial charge is 0.413 e. The first kappa shape index (κ1) is 17.3. The van der Waals surface area contributed by atoms with Crippen LogP contribution in [0, 0.1) is 0 Å². The van der Waals surface area contributed by atoms with Gasteiger partial charge in [-0.2, -0.15) is 0 Å². The van der Waals surface area contributed by atoms with Crippen molar-refractivity contribution >= 4 is 39.5 Å². The summed E-state index contributed by atoms with van der Waals surface area (Å²) >= 11 is 3.37. The van der Waals surface area contributed by atoms with Crippen LogP contribution < -0.4 is 5.32 Å². The van der Waals surface area contributed by atoms with Crippen molar-refractivity contribution in [1.29, 1.82) is 0 Å². The number of fused-ring (bicyclic) bond motifs is 1. The van der Waals surface area contributed by atoms with Gasteiger partial charge in [0.2, 0.25) is 0 Å². The molecule has 0 atom stereocenters. The van der Waals surface area contributed by atoms with Crippen LogP contribution >= 0.6 is 15.9 Å². The predicted molar refractivity (Wildman–Crippen MR) is 88.7 cm³/mol. The first-order valence-corrected chi connectivity index (χ1v) is 7.86. The van der Waals surface area contributed by atoms with E-state index in [1.807, 2.05) is 0 Å². The molecule has 0 aromatic carbocycles. The number of carbonyl (C=O) groups excluding carboxylic acids is 2. The fraction of sp³-hybridized carbons (Fsp3) is 0.400. The van der Waals surface area contributed by atoms with E-state index in [-0.39, 0.29) is 18.1 Å². The molecule has 7 nitrogen and oxygen atoms in total. The molecule has 0 saturated heterocycles. The molecule has 124 valence electrons. The van der Waals surface area contributed by atoms with E-state index in [2.05, 4.69) is 26.2 Å². The number of hydrogen-bond donors (Lipinski definition) is 1. The molecule has 2 aromatic heterocycles. The van der Waals surface area contributed by atoms with Gasteiger partial charge < -0.3 is 9.47 Å². The zero-order chi connectivity index (χ0) is 17.2. The molecule has 0 aliphatic carbocycles. The number of imidazole rings is 1. The highest BCUT2D eigenvalue weighted by molar-refractivity contribution is 9.10. The lowest BCUT2D eigenvalue weighted by atomic mass is 10.2. The standard InChI is InChI=1S/C15H18BrN3O4/c1-5-22-13(20)10-12(18-14(21)23-15(2,3)4)19-8-6-7-9(16)11(19)17-10/h6-8H,5H2,1-4H3,(H,18,21). The maximum Gasteiger partial charge on any atom is 0.413 e. The maximum absolute atomic E-state index is 12.1. The van der Waals surface area contributed by atoms with Crippen molar-refractivity contribution in [2.45, 2.75) is 33.3 Å². The third-order valence-electron chi connectivity index (χ3n) is 2.69. The number of esters is 1. The zero-order valence-electron chi connectivity index (χ0n) is 13.3. The lowest BCUT2D eigenvalue weighted by Crippen LogP contribution is -2.28. The summed E-state index contributed by atoms with van der Waals surface area (Å²) in [4.78, 5) is 28.4. The van der Waals surface area contributed by atoms with E-state index in [0.717, 1.165) is 0 Å². The van der Waals surface area contributed by atoms with Gasteiger partial charge >= 0.3 is 12.1 Å². The van der Waals surface area contributed by atoms with Crippen molar-refractivity contribution in [3.05, 3.63) is 28.5 Å². The zero-order valence-corrected chi connectivity index (χ0v) is 14.9. The SMILES string of the molecule is CCOC(=O)c1nc2c(Br)cccn2c1NC(=O)OC(C)(C)C. The molecule has 23 heavy (non-hydrogen) atoms. The Kier molecular flexibility index (Phi) is 4.93. The summed E-state index contributed by atoms with van der Waals surface area (Å²) in [6, 6.07) is 3.54. The van der Waals surface area contributed by atoms with Crippen LogP contribution in [0.2, 0.25) is 0 Å². The fourth-order valence-corrected chi connectivity index (χ4v) is 2.33. The van der Waals surface area contributed by atoms with Gasteiger partial charge in [-0.15, -0.1) is 0 Å². The average Bonchev–Trinajstić information content (AvgIpc) is 2.77. The van der Waals surface area contributed by atoms with Crippen LogP contribution in [0.5, 0.6) is 0 Å². The van der Waals surface area contributed by atoms with Gasteiger partial charge in [-0.1, -0.05) is 0 Å². The second kappa shape index (κ2) is 6.57. The summed E-state index contributed by atoms with van der Waals surface area (Å²) in [5.74, 6) is -0.414. The summed E-state index contributed by atoms with van der Waals surface area (Å²) in [6.45, 7) is 7.17. The Morgan fingerprint density at radius 3 is 2.70 bits per heavy atom. The van der Waals surface area contributed by atoms with Crippen molar-refractivity contribution in [1.82, 2.24) is 9.38 Å². The molecule has 0 aliphatic heterocycles. The third-order valence-corrected chi connectivity index (χ3v) is 3.31. The largest absolute Gasteiger partial charge is 0.461 e. The molecule has 0 spiro atoms. The van der Waals surface area contributed by atoms with Crippen LogP contribution in [0.4, 0.5) is 10.6 Å². The molecular formula is C15H18BrN3O4. The summed E-state index contributed by atoms with van der Waals surface area (Å²) in [5, 5.41) is 2.57. The van der Waals surface area contributed by atoms with E-state index >= 15 is 0 Å². The van der Waals surface area contributed by atoms with Crippen LogP contribution in [0.1, 0.15) is 38.2 Å². The summed E-state index contributed by atoms with van der Waals surface area (Å²) < 4.78 is 12.5. The fourth-order valence-electron chi connectivity index (χ4n) is 1.90. The van der Waals surface area contributed by atoms with Gasteiger partial charge in [-0.25, -0.2) is 14.6 Å². The minimum absolute atomic E-state index is 0.0182. The molecule has 8 heteroatoms. The number of nitrogens with zero attached hydrogens (tertiary/aromatic N) is 2. The topological polar surface area (TPSA) is 81.9 Å². The van der Waals surface area contributed by atoms with E-state index in [1.165, 1.54) is 0 Å². The van der Waals surface area contributed by atoms with E-state index < -0.39 is 17.7 Å². The number of rotatable bonds is 3. The molecule has 0 aliphatic rings. The minimum atomic E-state index is -0.676. The highest BCUT2D eigenvalue weighted by atomic mass is 79.9. The van der Waals surface area contributed by atoms with Gasteiger partial charge in [0.1, 0.15) is 5.60 Å². The van der Waals surface area contributed by atoms with Gasteiger partial charge in [-0.05, 0) is 55.8 Å². The third kappa shape index (κ3) is 4.01. The molecule has 0 bridgehead atoms. The number of ether oxygens (including phenoxy) is 2. The van der Waals surface area contributed by atoms with Crippen LogP contribution in [0.25, 0.3) is 5.65 Å². The Hall–Kier alpha value is -2.09. The lowest BCUT2D eigenvalue weighted by molar-refractivity contribution is 0.0521. The normalized spacial score (nSPS) is 11.3. The van der Waals surface area contributed by atoms with E-state index in [1.54, 1.807) is 50.4 Å². The van der Waals surface area contributed by atoms with Crippen LogP contribution in [-0.2, 0) is 9.47 Å². The maximum atomic E-state index is 12.1. The van der Waals surface area contributed by atoms with Gasteiger partial charge in [-0.3, -0.25) is 9.72 Å². The Balaban J connectivity index is 2.47. The quantitative estimate of drug-likeness (QED) is 0.818. The molecule has 2 aromatic rings. The van der Waals surface area contributed by atoms with Gasteiger partial charge in [0.05, 0.1) is 11.1 Å². The number of pyridine rings is 1. The Morgan fingerprint density at radius 2 is 2.09 bits per heavy atom. The van der Waals surface area contributed by atoms with Gasteiger partial charge in [0, 0.05) is 6.20 Å². The van der Waals surface area contributed by atoms with E-state index in [0.29, 0.717) is 10.1 Å². The second-order valence-corrected chi connectivity index (χ2v) is 6.56. The monoisotopic (exact) mass is 383 g/mol. The van der Waals surface area contributed by atoms with Gasteiger partial charge in [0.15, 0.2) is 17.2 Å². The molecule has 0 unspecified atom stereocenters. The van der Waals surface area contributed by atoms with Crippen LogP contribution in [-0.4, -0.2) is 33.7 Å². The number of carbonyl (C=O) groups is 2. The predicted octanol–water partition coefficient (Wildman–Crippen LogP) is 3.62. The Bertz CT molecular complexity index is 749. The number of hydrogen-bond acceptors (Lipinski definition) is 5. The molecule has 2 heterocycles. The summed E-state index contributed by atoms with van der Waals surface area (Å²) in [6.07, 6.45) is 1.01. The molecule has 1 N–H and O–H groups in total. The van der Waals surface area contributed by atoms with Crippen LogP contribution in [0.3, 0.4) is 0 Å². The molecule has 2 rings (SSSR count). The molecule has 0 fully saturated rings. The summed E-state index contributed by atoms with van der Waals surface area (Å²) in [7, 11) is 0. The summed E-state index contributed by atoms with van der Waals surface area (Å²) in [5.41, 5.74) is -0.152. The number of amides is 1. The van der Waals surface area contributed by atoms with E-state index in [9.17, 15) is 9.59 Å². The van der Waals surface area contributed by atoms with Crippen molar-refractivity contribution in [2.75, 3.05) is 11.9 Å². The molecular weight excluding hydrogens is 366 g/mol. The van der Waals surface area contributed by atoms with Crippen molar-refractivity contribution in [2.24, 2.45) is 0 Å². The first-order valence-electron chi connectivity index (χ1n) is 7.06. The highest BCUT2D eigenvalue weighted by Gasteiger charge is 2.25. The van der Waals surface area contributed by atoms with Crippen molar-refractivity contribution in [3.8, 4) is 0 Å². The van der Waals surface area contributed by atoms with Crippen molar-refractivity contribution < 1.29 is 19.1 Å². The van der Waals surface area contributed by atoms with Crippen molar-refractivity contribution in [3.63, 3.8) is 0 Å².